The largest absolute Gasteiger partial charge is 0.185 e. The van der Waals surface area contributed by atoms with Crippen molar-refractivity contribution >= 4 is 15.9 Å². The second kappa shape index (κ2) is 8.87. The van der Waals surface area contributed by atoms with Crippen molar-refractivity contribution < 1.29 is 37.7 Å². The van der Waals surface area contributed by atoms with Crippen LogP contribution in [0.3, 0.4) is 0 Å². The van der Waals surface area contributed by atoms with E-state index >= 15 is 0 Å². The molecule has 0 radical (unpaired) electrons. The molecule has 0 rings (SSSR count). The first kappa shape index (κ1) is 8.97. The van der Waals surface area contributed by atoms with Crippen LogP contribution >= 0.6 is 15.9 Å². The molecule has 0 aromatic heterocycles. The number of rotatable bonds is 0. The number of hydrogen-bond donors (Lipinski definition) is 0. The summed E-state index contributed by atoms with van der Waals surface area (Å²) in [7, 11) is 0. The van der Waals surface area contributed by atoms with Gasteiger partial charge in [0.05, 0.1) is 0 Å². The van der Waals surface area contributed by atoms with Crippen LogP contribution in [0.1, 0.15) is 0 Å². The topological polar surface area (TPSA) is 23.8 Å². The number of hydrogen-bond acceptors (Lipinski definition) is 1. The summed E-state index contributed by atoms with van der Waals surface area (Å²) in [6.07, 6.45) is 0. The van der Waals surface area contributed by atoms with Gasteiger partial charge in [-0.25, -0.2) is 0 Å². The van der Waals surface area contributed by atoms with E-state index in [4.69, 9.17) is 5.26 Å². The molecule has 0 atom stereocenters. The van der Waals surface area contributed by atoms with Crippen LogP contribution in [0.5, 0.6) is 0 Å². The van der Waals surface area contributed by atoms with Crippen LogP contribution in [0.4, 0.5) is 0 Å². The molecule has 0 saturated heterocycles. The molecule has 0 bridgehead atoms. The molecule has 0 aliphatic heterocycles. The van der Waals surface area contributed by atoms with Gasteiger partial charge in [-0.15, -0.1) is 0 Å². The van der Waals surface area contributed by atoms with Crippen LogP contribution in [-0.2, 0) is 0 Å². The Morgan fingerprint density at radius 1 is 1.75 bits per heavy atom. The quantitative estimate of drug-likeness (QED) is 0.497. The van der Waals surface area contributed by atoms with E-state index in [1.165, 1.54) is 0 Å². The molecule has 0 aliphatic carbocycles. The van der Waals surface area contributed by atoms with E-state index in [0.717, 1.165) is 0 Å². The van der Waals surface area contributed by atoms with Crippen molar-refractivity contribution in [2.75, 3.05) is 0 Å². The fraction of sp³-hybridized carbons (Fsp3) is 0. The number of halogens is 1. The van der Waals surface area contributed by atoms with Gasteiger partial charge in [0.25, 0.3) is 0 Å². The van der Waals surface area contributed by atoms with Crippen molar-refractivity contribution in [3.8, 4) is 4.98 Å². The zero-order valence-corrected chi connectivity index (χ0v) is 3.97. The fourth-order valence-corrected chi connectivity index (χ4v) is 0. The Morgan fingerprint density at radius 2 is 1.75 bits per heavy atom. The Hall–Kier alpha value is 1.23. The van der Waals surface area contributed by atoms with Crippen LogP contribution in [-0.4, -0.2) is 0 Å². The van der Waals surface area contributed by atoms with Crippen LogP contribution in [0, 0.1) is 48.0 Å². The van der Waals surface area contributed by atoms with Gasteiger partial charge in [0.2, 0.25) is 0 Å². The standard InChI is InChI=1S/CBrN.Ar/c2-1-3;. The molecule has 0 N–H and O–H groups in total. The summed E-state index contributed by atoms with van der Waals surface area (Å²) < 4.78 is 0. The normalized spacial score (nSPS) is 2.00. The summed E-state index contributed by atoms with van der Waals surface area (Å²) in [6.45, 7) is 0. The molecule has 0 spiro atoms. The molecule has 0 fully saturated rings. The molecule has 0 unspecified atom stereocenters. The van der Waals surface area contributed by atoms with Crippen molar-refractivity contribution in [1.82, 2.24) is 0 Å². The van der Waals surface area contributed by atoms with Crippen molar-refractivity contribution in [2.45, 2.75) is 0 Å². The minimum absolute atomic E-state index is 0. The first-order valence-electron chi connectivity index (χ1n) is 0.413. The average molecular weight is 146 g/mol. The van der Waals surface area contributed by atoms with E-state index in [1.54, 1.807) is 4.98 Å². The van der Waals surface area contributed by atoms with E-state index in [-0.39, 0.29) is 37.7 Å². The summed E-state index contributed by atoms with van der Waals surface area (Å²) in [4.78, 5) is 1.56. The third-order valence-corrected chi connectivity index (χ3v) is 0. The third-order valence-electron chi connectivity index (χ3n) is 0. The molecule has 4 heavy (non-hydrogen) atoms. The van der Waals surface area contributed by atoms with Gasteiger partial charge in [-0.2, -0.15) is 5.26 Å². The van der Waals surface area contributed by atoms with Gasteiger partial charge in [0.15, 0.2) is 0 Å². The predicted octanol–water partition coefficient (Wildman–Crippen LogP) is 0.862. The molecular weight excluding hydrogens is 146 g/mol. The maximum Gasteiger partial charge on any atom is 0.142 e. The molecule has 0 amide bonds. The molecule has 0 saturated carbocycles. The van der Waals surface area contributed by atoms with E-state index in [0.29, 0.717) is 0 Å². The van der Waals surface area contributed by atoms with Gasteiger partial charge in [0, 0.05) is 53.7 Å². The van der Waals surface area contributed by atoms with E-state index in [1.807, 2.05) is 0 Å². The van der Waals surface area contributed by atoms with Crippen LogP contribution in [0.15, 0.2) is 0 Å². The predicted molar refractivity (Wildman–Crippen MR) is 14.5 cm³/mol. The zero-order chi connectivity index (χ0) is 2.71. The molecule has 0 heterocycles. The van der Waals surface area contributed by atoms with E-state index in [9.17, 15) is 0 Å². The molecule has 0 aliphatic rings. The Morgan fingerprint density at radius 3 is 1.75 bits per heavy atom. The Bertz CT molecular complexity index is 29.5. The van der Waals surface area contributed by atoms with Crippen molar-refractivity contribution in [3.63, 3.8) is 0 Å². The average Bonchev–Trinajstić information content (AvgIpc) is 0.918. The molecule has 0 aromatic rings. The van der Waals surface area contributed by atoms with E-state index in [2.05, 4.69) is 15.9 Å². The molecule has 3 heteroatoms. The summed E-state index contributed by atoms with van der Waals surface area (Å²) in [5.41, 5.74) is 0. The van der Waals surface area contributed by atoms with Crippen LogP contribution in [0.25, 0.3) is 0 Å². The summed E-state index contributed by atoms with van der Waals surface area (Å²) in [5.74, 6) is 0. The van der Waals surface area contributed by atoms with Crippen LogP contribution < -0.4 is 0 Å². The minimum Gasteiger partial charge on any atom is -0.185 e. The van der Waals surface area contributed by atoms with Gasteiger partial charge in [0.1, 0.15) is 4.98 Å². The minimum atomic E-state index is 0. The maximum atomic E-state index is 7.24. The fourth-order valence-electron chi connectivity index (χ4n) is 0. The maximum absolute atomic E-state index is 7.24. The smallest absolute Gasteiger partial charge is 0.142 e. The summed E-state index contributed by atoms with van der Waals surface area (Å²) >= 11 is 2.45. The second-order valence-electron chi connectivity index (χ2n) is 0.0845. The molecule has 1 nitrogen and oxygen atoms in total. The van der Waals surface area contributed by atoms with Gasteiger partial charge in [-0.3, -0.25) is 0 Å². The van der Waals surface area contributed by atoms with Gasteiger partial charge < -0.3 is 0 Å². The Labute approximate surface area is 63.1 Å². The first-order chi connectivity index (χ1) is 1.41. The second-order valence-corrected chi connectivity index (χ2v) is 0.439. The number of nitriles is 1. The molecule has 0 aromatic carbocycles. The van der Waals surface area contributed by atoms with Gasteiger partial charge >= 0.3 is 0 Å². The Kier molecular flexibility index (Phi) is 19.9. The van der Waals surface area contributed by atoms with Gasteiger partial charge in [-0.05, 0) is 0 Å². The van der Waals surface area contributed by atoms with E-state index < -0.39 is 0 Å². The summed E-state index contributed by atoms with van der Waals surface area (Å²) in [5, 5.41) is 7.24. The number of nitrogens with zero attached hydrogens (tertiary/aromatic N) is 1. The monoisotopic (exact) mass is 145 g/mol. The first-order valence-corrected chi connectivity index (χ1v) is 1.21. The van der Waals surface area contributed by atoms with Crippen LogP contribution in [0.2, 0.25) is 0 Å². The Balaban J connectivity index is 0. The van der Waals surface area contributed by atoms with Gasteiger partial charge in [-0.1, -0.05) is 0 Å². The zero-order valence-electron chi connectivity index (χ0n) is 1.68. The third kappa shape index (κ3) is 10.6. The SMILES string of the molecule is N#CBr.[Ar]. The molecule has 24 valence electrons. The van der Waals surface area contributed by atoms with Crippen molar-refractivity contribution in [3.05, 3.63) is 0 Å². The molecular formula is CArBrN. The summed E-state index contributed by atoms with van der Waals surface area (Å²) in [6, 6.07) is 0. The van der Waals surface area contributed by atoms with Crippen molar-refractivity contribution in [1.29, 1.82) is 5.26 Å². The van der Waals surface area contributed by atoms with Crippen molar-refractivity contribution in [2.24, 2.45) is 0 Å².